The van der Waals surface area contributed by atoms with Crippen LogP contribution >= 0.6 is 0 Å². The van der Waals surface area contributed by atoms with Crippen LogP contribution in [0, 0.1) is 0 Å². The molecular formula is C26H29N3O6. The maximum Gasteiger partial charge on any atom is 0.307 e. The average molecular weight is 480 g/mol. The third kappa shape index (κ3) is 5.45. The summed E-state index contributed by atoms with van der Waals surface area (Å²) in [4.78, 5) is 42.7. The average Bonchev–Trinajstić information content (AvgIpc) is 3.71. The molecule has 1 aliphatic carbocycles. The predicted molar refractivity (Wildman–Crippen MR) is 130 cm³/mol. The van der Waals surface area contributed by atoms with Crippen LogP contribution in [0.1, 0.15) is 49.2 Å². The van der Waals surface area contributed by atoms with Gasteiger partial charge < -0.3 is 19.5 Å². The number of para-hydroxylation sites is 1. The number of hydrogen-bond acceptors (Lipinski definition) is 7. The van der Waals surface area contributed by atoms with E-state index in [1.165, 1.54) is 21.3 Å². The molecule has 1 heterocycles. The number of rotatable bonds is 10. The monoisotopic (exact) mass is 479 g/mol. The number of esters is 1. The molecule has 1 atom stereocenters. The summed E-state index contributed by atoms with van der Waals surface area (Å²) in [5, 5.41) is 3.50. The fourth-order valence-corrected chi connectivity index (χ4v) is 4.14. The Labute approximate surface area is 203 Å². The molecule has 2 aromatic carbocycles. The highest BCUT2D eigenvalue weighted by molar-refractivity contribution is 5.79. The topological polar surface area (TPSA) is 109 Å². The van der Waals surface area contributed by atoms with Gasteiger partial charge in [-0.25, -0.2) is 4.98 Å². The molecule has 0 bridgehead atoms. The first-order chi connectivity index (χ1) is 16.9. The van der Waals surface area contributed by atoms with Gasteiger partial charge in [-0.05, 0) is 42.7 Å². The number of carbonyl (C=O) groups is 2. The number of aromatic nitrogens is 2. The molecule has 0 saturated heterocycles. The van der Waals surface area contributed by atoms with E-state index >= 15 is 0 Å². The lowest BCUT2D eigenvalue weighted by Gasteiger charge is -2.20. The molecule has 4 rings (SSSR count). The summed E-state index contributed by atoms with van der Waals surface area (Å²) in [6.07, 6.45) is 2.24. The van der Waals surface area contributed by atoms with Crippen molar-refractivity contribution in [2.24, 2.45) is 0 Å². The zero-order valence-electron chi connectivity index (χ0n) is 20.1. The maximum absolute atomic E-state index is 13.1. The third-order valence-electron chi connectivity index (χ3n) is 6.11. The first-order valence-corrected chi connectivity index (χ1v) is 11.5. The Bertz CT molecular complexity index is 1300. The van der Waals surface area contributed by atoms with Gasteiger partial charge >= 0.3 is 5.97 Å². The van der Waals surface area contributed by atoms with Crippen molar-refractivity contribution in [1.29, 1.82) is 0 Å². The van der Waals surface area contributed by atoms with Crippen molar-refractivity contribution >= 4 is 22.8 Å². The standard InChI is InChI=1S/C26H29N3O6/c1-33-21-11-8-16(14-22(21)34-2)20(15-25(31)35-3)28-24(30)13-12-23-27-19-7-5-4-6-18(19)26(32)29(23)17-9-10-17/h4-8,11,14,17,20H,9-10,12-13,15H2,1-3H3,(H,28,30). The van der Waals surface area contributed by atoms with Crippen LogP contribution in [0.5, 0.6) is 11.5 Å². The van der Waals surface area contributed by atoms with Gasteiger partial charge in [0.15, 0.2) is 11.5 Å². The van der Waals surface area contributed by atoms with Gasteiger partial charge in [-0.2, -0.15) is 0 Å². The second-order valence-electron chi connectivity index (χ2n) is 8.47. The lowest BCUT2D eigenvalue weighted by molar-refractivity contribution is -0.141. The quantitative estimate of drug-likeness (QED) is 0.445. The number of aryl methyl sites for hydroxylation is 1. The lowest BCUT2D eigenvalue weighted by atomic mass is 10.0. The zero-order valence-corrected chi connectivity index (χ0v) is 20.1. The molecule has 3 aromatic rings. The Kier molecular flexibility index (Phi) is 7.33. The van der Waals surface area contributed by atoms with E-state index in [4.69, 9.17) is 14.2 Å². The molecule has 1 N–H and O–H groups in total. The fourth-order valence-electron chi connectivity index (χ4n) is 4.14. The van der Waals surface area contributed by atoms with E-state index in [9.17, 15) is 14.4 Å². The van der Waals surface area contributed by atoms with Gasteiger partial charge in [-0.3, -0.25) is 19.0 Å². The van der Waals surface area contributed by atoms with Gasteiger partial charge in [0.25, 0.3) is 5.56 Å². The summed E-state index contributed by atoms with van der Waals surface area (Å²) in [5.74, 6) is 0.909. The molecule has 1 saturated carbocycles. The SMILES string of the molecule is COC(=O)CC(NC(=O)CCc1nc2ccccc2c(=O)n1C1CC1)c1ccc(OC)c(OC)c1. The molecule has 1 amide bonds. The molecule has 9 nitrogen and oxygen atoms in total. The van der Waals surface area contributed by atoms with Gasteiger partial charge in [-0.1, -0.05) is 18.2 Å². The number of amides is 1. The highest BCUT2D eigenvalue weighted by atomic mass is 16.5. The summed E-state index contributed by atoms with van der Waals surface area (Å²) in [6.45, 7) is 0. The van der Waals surface area contributed by atoms with Crippen LogP contribution in [0.25, 0.3) is 10.9 Å². The number of methoxy groups -OCH3 is 3. The largest absolute Gasteiger partial charge is 0.493 e. The number of ether oxygens (including phenoxy) is 3. The van der Waals surface area contributed by atoms with Crippen molar-refractivity contribution < 1.29 is 23.8 Å². The lowest BCUT2D eigenvalue weighted by Crippen LogP contribution is -2.31. The summed E-state index contributed by atoms with van der Waals surface area (Å²) in [5.41, 5.74) is 1.24. The minimum Gasteiger partial charge on any atom is -0.493 e. The van der Waals surface area contributed by atoms with E-state index in [-0.39, 0.29) is 30.3 Å². The molecule has 1 unspecified atom stereocenters. The van der Waals surface area contributed by atoms with E-state index in [1.807, 2.05) is 12.1 Å². The van der Waals surface area contributed by atoms with Gasteiger partial charge in [0.2, 0.25) is 5.91 Å². The number of fused-ring (bicyclic) bond motifs is 1. The maximum atomic E-state index is 13.1. The Hall–Kier alpha value is -3.88. The normalized spacial score (nSPS) is 13.8. The predicted octanol–water partition coefficient (Wildman–Crippen LogP) is 3.10. The smallest absolute Gasteiger partial charge is 0.307 e. The number of benzene rings is 2. The Morgan fingerprint density at radius 3 is 2.51 bits per heavy atom. The number of hydrogen-bond donors (Lipinski definition) is 1. The minimum absolute atomic E-state index is 0.0429. The van der Waals surface area contributed by atoms with Crippen LogP contribution in [0.4, 0.5) is 0 Å². The summed E-state index contributed by atoms with van der Waals surface area (Å²) < 4.78 is 17.2. The van der Waals surface area contributed by atoms with Crippen molar-refractivity contribution in [3.8, 4) is 11.5 Å². The van der Waals surface area contributed by atoms with Crippen LogP contribution in [-0.4, -0.2) is 42.8 Å². The molecule has 35 heavy (non-hydrogen) atoms. The van der Waals surface area contributed by atoms with Crippen LogP contribution < -0.4 is 20.3 Å². The molecule has 0 radical (unpaired) electrons. The Morgan fingerprint density at radius 1 is 1.09 bits per heavy atom. The first kappa shape index (κ1) is 24.3. The van der Waals surface area contributed by atoms with Crippen molar-refractivity contribution in [2.45, 2.75) is 44.2 Å². The molecule has 1 aromatic heterocycles. The van der Waals surface area contributed by atoms with Crippen LogP contribution in [-0.2, 0) is 20.7 Å². The minimum atomic E-state index is -0.620. The molecule has 1 aliphatic rings. The number of nitrogens with one attached hydrogen (secondary N) is 1. The van der Waals surface area contributed by atoms with Gasteiger partial charge in [0.05, 0.1) is 44.7 Å². The molecule has 184 valence electrons. The van der Waals surface area contributed by atoms with Gasteiger partial charge in [-0.15, -0.1) is 0 Å². The number of nitrogens with zero attached hydrogens (tertiary/aromatic N) is 2. The third-order valence-corrected chi connectivity index (χ3v) is 6.11. The molecule has 0 spiro atoms. The highest BCUT2D eigenvalue weighted by Gasteiger charge is 2.28. The Morgan fingerprint density at radius 2 is 1.83 bits per heavy atom. The second-order valence-corrected chi connectivity index (χ2v) is 8.47. The van der Waals surface area contributed by atoms with Gasteiger partial charge in [0, 0.05) is 18.9 Å². The molecular weight excluding hydrogens is 450 g/mol. The van der Waals surface area contributed by atoms with Crippen molar-refractivity contribution in [2.75, 3.05) is 21.3 Å². The van der Waals surface area contributed by atoms with Crippen molar-refractivity contribution in [3.63, 3.8) is 0 Å². The highest BCUT2D eigenvalue weighted by Crippen LogP contribution is 2.35. The van der Waals surface area contributed by atoms with Crippen molar-refractivity contribution in [3.05, 3.63) is 64.2 Å². The first-order valence-electron chi connectivity index (χ1n) is 11.5. The second kappa shape index (κ2) is 10.6. The van der Waals surface area contributed by atoms with E-state index in [0.717, 1.165) is 12.8 Å². The van der Waals surface area contributed by atoms with Gasteiger partial charge in [0.1, 0.15) is 5.82 Å². The number of carbonyl (C=O) groups excluding carboxylic acids is 2. The Balaban J connectivity index is 1.54. The van der Waals surface area contributed by atoms with E-state index < -0.39 is 12.0 Å². The molecule has 1 fully saturated rings. The molecule has 0 aliphatic heterocycles. The van der Waals surface area contributed by atoms with E-state index in [2.05, 4.69) is 10.3 Å². The van der Waals surface area contributed by atoms with Crippen LogP contribution in [0.2, 0.25) is 0 Å². The van der Waals surface area contributed by atoms with E-state index in [0.29, 0.717) is 40.2 Å². The fraction of sp³-hybridized carbons (Fsp3) is 0.385. The van der Waals surface area contributed by atoms with Crippen LogP contribution in [0.3, 0.4) is 0 Å². The zero-order chi connectivity index (χ0) is 24.9. The summed E-state index contributed by atoms with van der Waals surface area (Å²) in [7, 11) is 4.36. The summed E-state index contributed by atoms with van der Waals surface area (Å²) >= 11 is 0. The van der Waals surface area contributed by atoms with Crippen LogP contribution in [0.15, 0.2) is 47.3 Å². The summed E-state index contributed by atoms with van der Waals surface area (Å²) in [6, 6.07) is 12.0. The van der Waals surface area contributed by atoms with E-state index in [1.54, 1.807) is 34.9 Å². The molecule has 9 heteroatoms. The van der Waals surface area contributed by atoms with Crippen molar-refractivity contribution in [1.82, 2.24) is 14.9 Å².